The third-order valence-corrected chi connectivity index (χ3v) is 2.52. The lowest BCUT2D eigenvalue weighted by molar-refractivity contribution is 0.0499. The van der Waals surface area contributed by atoms with Gasteiger partial charge in [-0.2, -0.15) is 0 Å². The standard InChI is InChI=1S/C12H24N2O2/c1-12(2,3)16-11(15)14-10-7-5-4-6-8-13-9-10/h10,13H,4-9H2,1-3H3,(H,14,15). The highest BCUT2D eigenvalue weighted by molar-refractivity contribution is 5.68. The minimum Gasteiger partial charge on any atom is -0.444 e. The van der Waals surface area contributed by atoms with Gasteiger partial charge in [0.15, 0.2) is 0 Å². The first-order chi connectivity index (χ1) is 7.47. The molecule has 1 saturated heterocycles. The number of alkyl carbamates (subject to hydrolysis) is 1. The third-order valence-electron chi connectivity index (χ3n) is 2.52. The molecule has 0 radical (unpaired) electrons. The summed E-state index contributed by atoms with van der Waals surface area (Å²) in [6.07, 6.45) is 4.38. The fourth-order valence-corrected chi connectivity index (χ4v) is 1.79. The number of rotatable bonds is 1. The molecule has 94 valence electrons. The summed E-state index contributed by atoms with van der Waals surface area (Å²) in [7, 11) is 0. The molecule has 1 aliphatic rings. The van der Waals surface area contributed by atoms with Crippen molar-refractivity contribution in [1.82, 2.24) is 10.6 Å². The van der Waals surface area contributed by atoms with Crippen LogP contribution in [0.15, 0.2) is 0 Å². The Morgan fingerprint density at radius 1 is 1.31 bits per heavy atom. The van der Waals surface area contributed by atoms with Gasteiger partial charge in [0.1, 0.15) is 5.60 Å². The minimum atomic E-state index is -0.418. The normalized spacial score (nSPS) is 23.1. The number of amides is 1. The molecule has 1 amide bonds. The monoisotopic (exact) mass is 228 g/mol. The summed E-state index contributed by atoms with van der Waals surface area (Å²) in [5.41, 5.74) is -0.418. The fraction of sp³-hybridized carbons (Fsp3) is 0.917. The molecule has 1 atom stereocenters. The molecule has 0 bridgehead atoms. The second kappa shape index (κ2) is 6.09. The van der Waals surface area contributed by atoms with E-state index in [9.17, 15) is 4.79 Å². The first-order valence-corrected chi connectivity index (χ1v) is 6.17. The van der Waals surface area contributed by atoms with Crippen LogP contribution in [-0.2, 0) is 4.74 Å². The zero-order valence-corrected chi connectivity index (χ0v) is 10.6. The molecule has 1 aliphatic heterocycles. The van der Waals surface area contributed by atoms with Gasteiger partial charge in [0.2, 0.25) is 0 Å². The van der Waals surface area contributed by atoms with E-state index < -0.39 is 5.60 Å². The van der Waals surface area contributed by atoms with Gasteiger partial charge < -0.3 is 15.4 Å². The van der Waals surface area contributed by atoms with E-state index in [1.54, 1.807) is 0 Å². The Morgan fingerprint density at radius 3 is 2.75 bits per heavy atom. The van der Waals surface area contributed by atoms with Gasteiger partial charge in [-0.1, -0.05) is 12.8 Å². The number of ether oxygens (including phenoxy) is 1. The van der Waals surface area contributed by atoms with Crippen LogP contribution >= 0.6 is 0 Å². The largest absolute Gasteiger partial charge is 0.444 e. The van der Waals surface area contributed by atoms with Crippen LogP contribution in [0.4, 0.5) is 4.79 Å². The van der Waals surface area contributed by atoms with Gasteiger partial charge in [-0.15, -0.1) is 0 Å². The van der Waals surface area contributed by atoms with Crippen molar-refractivity contribution in [2.45, 2.75) is 58.1 Å². The molecule has 1 rings (SSSR count). The van der Waals surface area contributed by atoms with Crippen LogP contribution in [-0.4, -0.2) is 30.8 Å². The Hall–Kier alpha value is -0.770. The molecule has 0 aromatic rings. The van der Waals surface area contributed by atoms with Crippen LogP contribution in [0.5, 0.6) is 0 Å². The summed E-state index contributed by atoms with van der Waals surface area (Å²) >= 11 is 0. The van der Waals surface area contributed by atoms with Gasteiger partial charge in [-0.05, 0) is 40.2 Å². The van der Waals surface area contributed by atoms with Crippen LogP contribution in [0.3, 0.4) is 0 Å². The van der Waals surface area contributed by atoms with E-state index in [1.807, 2.05) is 20.8 Å². The minimum absolute atomic E-state index is 0.204. The van der Waals surface area contributed by atoms with E-state index in [-0.39, 0.29) is 12.1 Å². The van der Waals surface area contributed by atoms with Crippen LogP contribution in [0.1, 0.15) is 46.5 Å². The Morgan fingerprint density at radius 2 is 2.06 bits per heavy atom. The van der Waals surface area contributed by atoms with Gasteiger partial charge in [-0.3, -0.25) is 0 Å². The number of carbonyl (C=O) groups excluding carboxylic acids is 1. The maximum atomic E-state index is 11.6. The molecule has 16 heavy (non-hydrogen) atoms. The maximum absolute atomic E-state index is 11.6. The quantitative estimate of drug-likeness (QED) is 0.722. The summed E-state index contributed by atoms with van der Waals surface area (Å²) < 4.78 is 5.23. The van der Waals surface area contributed by atoms with Gasteiger partial charge in [0, 0.05) is 12.6 Å². The highest BCUT2D eigenvalue weighted by atomic mass is 16.6. The van der Waals surface area contributed by atoms with Crippen molar-refractivity contribution in [2.24, 2.45) is 0 Å². The van der Waals surface area contributed by atoms with E-state index in [0.29, 0.717) is 0 Å². The molecule has 4 heteroatoms. The maximum Gasteiger partial charge on any atom is 0.407 e. The van der Waals surface area contributed by atoms with E-state index in [2.05, 4.69) is 10.6 Å². The zero-order chi connectivity index (χ0) is 12.0. The molecular weight excluding hydrogens is 204 g/mol. The number of hydrogen-bond acceptors (Lipinski definition) is 3. The Bertz CT molecular complexity index is 216. The Labute approximate surface area is 98.1 Å². The third kappa shape index (κ3) is 5.95. The molecule has 1 heterocycles. The van der Waals surface area contributed by atoms with Crippen molar-refractivity contribution >= 4 is 6.09 Å². The molecule has 1 unspecified atom stereocenters. The summed E-state index contributed by atoms with van der Waals surface area (Å²) in [6.45, 7) is 7.53. The average molecular weight is 228 g/mol. The van der Waals surface area contributed by atoms with E-state index in [0.717, 1.165) is 19.5 Å². The van der Waals surface area contributed by atoms with E-state index in [1.165, 1.54) is 19.3 Å². The van der Waals surface area contributed by atoms with Gasteiger partial charge in [-0.25, -0.2) is 4.79 Å². The molecule has 0 aliphatic carbocycles. The SMILES string of the molecule is CC(C)(C)OC(=O)NC1CCCCCNC1. The lowest BCUT2D eigenvalue weighted by atomic mass is 10.1. The molecule has 0 aromatic carbocycles. The average Bonchev–Trinajstić information content (AvgIpc) is 2.06. The number of hydrogen-bond donors (Lipinski definition) is 2. The van der Waals surface area contributed by atoms with Crippen LogP contribution in [0.2, 0.25) is 0 Å². The van der Waals surface area contributed by atoms with Crippen molar-refractivity contribution in [2.75, 3.05) is 13.1 Å². The summed E-state index contributed by atoms with van der Waals surface area (Å²) in [6, 6.07) is 0.204. The molecular formula is C12H24N2O2. The first kappa shape index (κ1) is 13.3. The van der Waals surface area contributed by atoms with E-state index >= 15 is 0 Å². The summed E-state index contributed by atoms with van der Waals surface area (Å²) in [4.78, 5) is 11.6. The van der Waals surface area contributed by atoms with Crippen molar-refractivity contribution in [3.8, 4) is 0 Å². The molecule has 1 fully saturated rings. The topological polar surface area (TPSA) is 50.4 Å². The van der Waals surface area contributed by atoms with Gasteiger partial charge >= 0.3 is 6.09 Å². The Balaban J connectivity index is 2.30. The van der Waals surface area contributed by atoms with E-state index in [4.69, 9.17) is 4.74 Å². The van der Waals surface area contributed by atoms with Crippen LogP contribution < -0.4 is 10.6 Å². The molecule has 0 spiro atoms. The van der Waals surface area contributed by atoms with Crippen molar-refractivity contribution in [3.05, 3.63) is 0 Å². The molecule has 2 N–H and O–H groups in total. The predicted molar refractivity (Wildman–Crippen MR) is 64.5 cm³/mol. The summed E-state index contributed by atoms with van der Waals surface area (Å²) in [5, 5.41) is 6.25. The number of nitrogens with one attached hydrogen (secondary N) is 2. The molecule has 4 nitrogen and oxygen atoms in total. The van der Waals surface area contributed by atoms with Crippen molar-refractivity contribution in [1.29, 1.82) is 0 Å². The van der Waals surface area contributed by atoms with Crippen molar-refractivity contribution in [3.63, 3.8) is 0 Å². The van der Waals surface area contributed by atoms with Crippen LogP contribution in [0.25, 0.3) is 0 Å². The van der Waals surface area contributed by atoms with Gasteiger partial charge in [0.25, 0.3) is 0 Å². The number of carbonyl (C=O) groups is 1. The zero-order valence-electron chi connectivity index (χ0n) is 10.6. The highest BCUT2D eigenvalue weighted by Crippen LogP contribution is 2.09. The predicted octanol–water partition coefficient (Wildman–Crippen LogP) is 2.04. The lowest BCUT2D eigenvalue weighted by Gasteiger charge is -2.25. The second-order valence-electron chi connectivity index (χ2n) is 5.40. The van der Waals surface area contributed by atoms with Crippen molar-refractivity contribution < 1.29 is 9.53 Å². The molecule has 0 aromatic heterocycles. The smallest absolute Gasteiger partial charge is 0.407 e. The highest BCUT2D eigenvalue weighted by Gasteiger charge is 2.19. The lowest BCUT2D eigenvalue weighted by Crippen LogP contribution is -2.45. The van der Waals surface area contributed by atoms with Gasteiger partial charge in [0.05, 0.1) is 0 Å². The summed E-state index contributed by atoms with van der Waals surface area (Å²) in [5.74, 6) is 0. The molecule has 0 saturated carbocycles. The van der Waals surface area contributed by atoms with Crippen LogP contribution in [0, 0.1) is 0 Å². The first-order valence-electron chi connectivity index (χ1n) is 6.17. The second-order valence-corrected chi connectivity index (χ2v) is 5.40. The Kier molecular flexibility index (Phi) is 5.06. The fourth-order valence-electron chi connectivity index (χ4n) is 1.79.